The van der Waals surface area contributed by atoms with Gasteiger partial charge in [-0.1, -0.05) is 30.3 Å². The SMILES string of the molecule is NC(Cc1c[nH]cn1)c1ccccc1. The zero-order valence-corrected chi connectivity index (χ0v) is 7.85. The lowest BCUT2D eigenvalue weighted by Crippen LogP contribution is -2.13. The molecular formula is C11H13N3. The molecule has 2 aromatic rings. The monoisotopic (exact) mass is 187 g/mol. The molecule has 14 heavy (non-hydrogen) atoms. The normalized spacial score (nSPS) is 12.6. The topological polar surface area (TPSA) is 54.7 Å². The lowest BCUT2D eigenvalue weighted by atomic mass is 10.0. The van der Waals surface area contributed by atoms with Crippen molar-refractivity contribution in [3.05, 3.63) is 54.1 Å². The fourth-order valence-electron chi connectivity index (χ4n) is 1.45. The van der Waals surface area contributed by atoms with Gasteiger partial charge in [0.15, 0.2) is 0 Å². The van der Waals surface area contributed by atoms with Crippen molar-refractivity contribution in [3.8, 4) is 0 Å². The summed E-state index contributed by atoms with van der Waals surface area (Å²) >= 11 is 0. The number of rotatable bonds is 3. The summed E-state index contributed by atoms with van der Waals surface area (Å²) in [7, 11) is 0. The number of hydrogen-bond donors (Lipinski definition) is 2. The van der Waals surface area contributed by atoms with Gasteiger partial charge in [-0.05, 0) is 5.56 Å². The van der Waals surface area contributed by atoms with Crippen molar-refractivity contribution in [1.29, 1.82) is 0 Å². The number of hydrogen-bond acceptors (Lipinski definition) is 2. The van der Waals surface area contributed by atoms with E-state index < -0.39 is 0 Å². The van der Waals surface area contributed by atoms with Crippen LogP contribution in [0.3, 0.4) is 0 Å². The minimum atomic E-state index is 0.0273. The molecule has 1 atom stereocenters. The molecule has 3 heteroatoms. The van der Waals surface area contributed by atoms with Crippen molar-refractivity contribution in [2.45, 2.75) is 12.5 Å². The third-order valence-corrected chi connectivity index (χ3v) is 2.21. The van der Waals surface area contributed by atoms with Crippen LogP contribution in [0.4, 0.5) is 0 Å². The number of aromatic nitrogens is 2. The van der Waals surface area contributed by atoms with E-state index in [-0.39, 0.29) is 6.04 Å². The van der Waals surface area contributed by atoms with Gasteiger partial charge in [-0.2, -0.15) is 0 Å². The van der Waals surface area contributed by atoms with E-state index in [2.05, 4.69) is 9.97 Å². The number of imidazole rings is 1. The minimum Gasteiger partial charge on any atom is -0.351 e. The Kier molecular flexibility index (Phi) is 2.60. The number of benzene rings is 1. The van der Waals surface area contributed by atoms with Gasteiger partial charge in [-0.15, -0.1) is 0 Å². The molecule has 0 aliphatic heterocycles. The molecule has 72 valence electrons. The lowest BCUT2D eigenvalue weighted by molar-refractivity contribution is 0.710. The van der Waals surface area contributed by atoms with Gasteiger partial charge in [0.1, 0.15) is 0 Å². The van der Waals surface area contributed by atoms with Crippen molar-refractivity contribution in [2.24, 2.45) is 5.73 Å². The predicted molar refractivity (Wildman–Crippen MR) is 55.7 cm³/mol. The largest absolute Gasteiger partial charge is 0.351 e. The molecule has 0 radical (unpaired) electrons. The highest BCUT2D eigenvalue weighted by atomic mass is 14.9. The summed E-state index contributed by atoms with van der Waals surface area (Å²) in [6.45, 7) is 0. The quantitative estimate of drug-likeness (QED) is 0.767. The average Bonchev–Trinajstić information content (AvgIpc) is 2.72. The van der Waals surface area contributed by atoms with Gasteiger partial charge in [0.2, 0.25) is 0 Å². The van der Waals surface area contributed by atoms with E-state index in [1.165, 1.54) is 0 Å². The van der Waals surface area contributed by atoms with Crippen molar-refractivity contribution in [3.63, 3.8) is 0 Å². The van der Waals surface area contributed by atoms with E-state index in [1.807, 2.05) is 36.5 Å². The molecule has 1 heterocycles. The Morgan fingerprint density at radius 3 is 2.71 bits per heavy atom. The Balaban J connectivity index is 2.07. The van der Waals surface area contributed by atoms with Crippen molar-refractivity contribution >= 4 is 0 Å². The van der Waals surface area contributed by atoms with E-state index in [1.54, 1.807) is 6.33 Å². The number of nitrogens with zero attached hydrogens (tertiary/aromatic N) is 1. The summed E-state index contributed by atoms with van der Waals surface area (Å²) in [5, 5.41) is 0. The van der Waals surface area contributed by atoms with Crippen molar-refractivity contribution < 1.29 is 0 Å². The Labute approximate surface area is 83.0 Å². The first-order chi connectivity index (χ1) is 6.86. The second kappa shape index (κ2) is 4.07. The van der Waals surface area contributed by atoms with Gasteiger partial charge in [0.05, 0.1) is 12.0 Å². The van der Waals surface area contributed by atoms with Crippen LogP contribution in [0.25, 0.3) is 0 Å². The van der Waals surface area contributed by atoms with E-state index in [0.717, 1.165) is 17.7 Å². The van der Waals surface area contributed by atoms with Gasteiger partial charge in [0.25, 0.3) is 0 Å². The fraction of sp³-hybridized carbons (Fsp3) is 0.182. The third-order valence-electron chi connectivity index (χ3n) is 2.21. The third kappa shape index (κ3) is 2.00. The fourth-order valence-corrected chi connectivity index (χ4v) is 1.45. The van der Waals surface area contributed by atoms with E-state index in [4.69, 9.17) is 5.73 Å². The first kappa shape index (κ1) is 8.97. The predicted octanol–water partition coefficient (Wildman–Crippen LogP) is 1.65. The van der Waals surface area contributed by atoms with Crippen LogP contribution in [0.5, 0.6) is 0 Å². The molecule has 0 aliphatic carbocycles. The summed E-state index contributed by atoms with van der Waals surface area (Å²) < 4.78 is 0. The lowest BCUT2D eigenvalue weighted by Gasteiger charge is -2.09. The Bertz CT molecular complexity index is 367. The molecular weight excluding hydrogens is 174 g/mol. The molecule has 1 unspecified atom stereocenters. The summed E-state index contributed by atoms with van der Waals surface area (Å²) in [5.74, 6) is 0. The molecule has 1 aromatic carbocycles. The molecule has 0 saturated heterocycles. The molecule has 0 amide bonds. The Hall–Kier alpha value is -1.61. The molecule has 0 saturated carbocycles. The molecule has 0 aliphatic rings. The summed E-state index contributed by atoms with van der Waals surface area (Å²) in [6, 6.07) is 10.1. The molecule has 0 bridgehead atoms. The van der Waals surface area contributed by atoms with Gasteiger partial charge in [0, 0.05) is 18.7 Å². The van der Waals surface area contributed by atoms with Gasteiger partial charge in [-0.3, -0.25) is 0 Å². The molecule has 3 N–H and O–H groups in total. The molecule has 0 spiro atoms. The van der Waals surface area contributed by atoms with E-state index in [9.17, 15) is 0 Å². The number of aromatic amines is 1. The zero-order valence-electron chi connectivity index (χ0n) is 7.85. The minimum absolute atomic E-state index is 0.0273. The van der Waals surface area contributed by atoms with Crippen LogP contribution in [0.1, 0.15) is 17.3 Å². The summed E-state index contributed by atoms with van der Waals surface area (Å²) in [4.78, 5) is 7.07. The van der Waals surface area contributed by atoms with Crippen LogP contribution in [-0.4, -0.2) is 9.97 Å². The maximum atomic E-state index is 6.03. The molecule has 3 nitrogen and oxygen atoms in total. The maximum absolute atomic E-state index is 6.03. The highest BCUT2D eigenvalue weighted by molar-refractivity contribution is 5.19. The second-order valence-corrected chi connectivity index (χ2v) is 3.28. The number of H-pyrrole nitrogens is 1. The van der Waals surface area contributed by atoms with Crippen LogP contribution >= 0.6 is 0 Å². The Morgan fingerprint density at radius 1 is 1.29 bits per heavy atom. The average molecular weight is 187 g/mol. The maximum Gasteiger partial charge on any atom is 0.0923 e. The van der Waals surface area contributed by atoms with Crippen LogP contribution in [0.15, 0.2) is 42.9 Å². The summed E-state index contributed by atoms with van der Waals surface area (Å²) in [6.07, 6.45) is 4.32. The van der Waals surface area contributed by atoms with Crippen LogP contribution in [0, 0.1) is 0 Å². The smallest absolute Gasteiger partial charge is 0.0923 e. The molecule has 2 rings (SSSR count). The zero-order chi connectivity index (χ0) is 9.80. The number of nitrogens with two attached hydrogens (primary N) is 1. The van der Waals surface area contributed by atoms with Crippen molar-refractivity contribution in [2.75, 3.05) is 0 Å². The van der Waals surface area contributed by atoms with Gasteiger partial charge in [-0.25, -0.2) is 4.98 Å². The first-order valence-corrected chi connectivity index (χ1v) is 4.64. The first-order valence-electron chi connectivity index (χ1n) is 4.64. The van der Waals surface area contributed by atoms with E-state index >= 15 is 0 Å². The van der Waals surface area contributed by atoms with E-state index in [0.29, 0.717) is 0 Å². The van der Waals surface area contributed by atoms with Crippen molar-refractivity contribution in [1.82, 2.24) is 9.97 Å². The highest BCUT2D eigenvalue weighted by Crippen LogP contribution is 2.13. The Morgan fingerprint density at radius 2 is 2.07 bits per heavy atom. The van der Waals surface area contributed by atoms with Crippen LogP contribution in [-0.2, 0) is 6.42 Å². The van der Waals surface area contributed by atoms with Crippen LogP contribution < -0.4 is 5.73 Å². The second-order valence-electron chi connectivity index (χ2n) is 3.28. The molecule has 1 aromatic heterocycles. The standard InChI is InChI=1S/C11H13N3/c12-11(6-10-7-13-8-14-10)9-4-2-1-3-5-9/h1-5,7-8,11H,6,12H2,(H,13,14). The molecule has 0 fully saturated rings. The van der Waals surface area contributed by atoms with Crippen LogP contribution in [0.2, 0.25) is 0 Å². The summed E-state index contributed by atoms with van der Waals surface area (Å²) in [5.41, 5.74) is 8.18. The number of nitrogens with one attached hydrogen (secondary N) is 1. The highest BCUT2D eigenvalue weighted by Gasteiger charge is 2.06. The van der Waals surface area contributed by atoms with Gasteiger partial charge >= 0.3 is 0 Å². The van der Waals surface area contributed by atoms with Gasteiger partial charge < -0.3 is 10.7 Å².